The van der Waals surface area contributed by atoms with Gasteiger partial charge in [-0.05, 0) is 52.7 Å². The van der Waals surface area contributed by atoms with Crippen LogP contribution in [0.25, 0.3) is 0 Å². The van der Waals surface area contributed by atoms with E-state index in [-0.39, 0.29) is 0 Å². The van der Waals surface area contributed by atoms with Crippen LogP contribution < -0.4 is 5.32 Å². The lowest BCUT2D eigenvalue weighted by atomic mass is 9.95. The van der Waals surface area contributed by atoms with E-state index in [1.807, 2.05) is 0 Å². The smallest absolute Gasteiger partial charge is 0.0221 e. The van der Waals surface area contributed by atoms with Crippen LogP contribution in [0.5, 0.6) is 0 Å². The molecule has 2 aliphatic rings. The fraction of sp³-hybridized carbons (Fsp3) is 1.00. The molecular formula is C13H27N3. The van der Waals surface area contributed by atoms with Crippen LogP contribution in [0.3, 0.4) is 0 Å². The molecule has 2 heterocycles. The first-order chi connectivity index (χ1) is 7.68. The zero-order chi connectivity index (χ0) is 11.5. The fourth-order valence-corrected chi connectivity index (χ4v) is 3.02. The predicted octanol–water partition coefficient (Wildman–Crippen LogP) is 1.01. The van der Waals surface area contributed by atoms with Crippen LogP contribution in [0.1, 0.15) is 26.7 Å². The minimum atomic E-state index is 0.704. The Morgan fingerprint density at radius 3 is 2.44 bits per heavy atom. The largest absolute Gasteiger partial charge is 0.317 e. The molecule has 94 valence electrons. The van der Waals surface area contributed by atoms with Gasteiger partial charge in [0.05, 0.1) is 0 Å². The highest BCUT2D eigenvalue weighted by molar-refractivity contribution is 4.86. The maximum Gasteiger partial charge on any atom is 0.0221 e. The van der Waals surface area contributed by atoms with Crippen molar-refractivity contribution in [2.75, 3.05) is 39.8 Å². The van der Waals surface area contributed by atoms with Crippen LogP contribution in [-0.2, 0) is 0 Å². The van der Waals surface area contributed by atoms with Gasteiger partial charge in [-0.3, -0.25) is 4.90 Å². The van der Waals surface area contributed by atoms with Crippen molar-refractivity contribution in [1.82, 2.24) is 15.1 Å². The summed E-state index contributed by atoms with van der Waals surface area (Å²) in [5.41, 5.74) is 0. The van der Waals surface area contributed by atoms with Crippen LogP contribution in [0.15, 0.2) is 0 Å². The van der Waals surface area contributed by atoms with Crippen molar-refractivity contribution in [2.45, 2.75) is 38.8 Å². The molecule has 0 bridgehead atoms. The summed E-state index contributed by atoms with van der Waals surface area (Å²) in [5.74, 6) is 0.930. The van der Waals surface area contributed by atoms with E-state index in [0.29, 0.717) is 12.1 Å². The summed E-state index contributed by atoms with van der Waals surface area (Å²) in [4.78, 5) is 5.20. The van der Waals surface area contributed by atoms with Gasteiger partial charge < -0.3 is 10.2 Å². The first-order valence-corrected chi connectivity index (χ1v) is 6.83. The van der Waals surface area contributed by atoms with E-state index in [0.717, 1.165) is 5.92 Å². The third kappa shape index (κ3) is 2.76. The molecule has 2 saturated heterocycles. The number of likely N-dealkylation sites (N-methyl/N-ethyl adjacent to an activating group) is 1. The van der Waals surface area contributed by atoms with Crippen molar-refractivity contribution in [1.29, 1.82) is 0 Å². The second-order valence-electron chi connectivity index (χ2n) is 5.65. The monoisotopic (exact) mass is 225 g/mol. The van der Waals surface area contributed by atoms with Gasteiger partial charge in [-0.25, -0.2) is 0 Å². The molecule has 0 spiro atoms. The molecule has 2 unspecified atom stereocenters. The highest BCUT2D eigenvalue weighted by Crippen LogP contribution is 2.20. The number of hydrogen-bond acceptors (Lipinski definition) is 3. The van der Waals surface area contributed by atoms with E-state index in [9.17, 15) is 0 Å². The van der Waals surface area contributed by atoms with E-state index in [1.165, 1.54) is 45.6 Å². The number of hydrogen-bond donors (Lipinski definition) is 1. The number of piperazine rings is 1. The number of nitrogens with zero attached hydrogens (tertiary/aromatic N) is 2. The van der Waals surface area contributed by atoms with Crippen LogP contribution in [-0.4, -0.2) is 61.7 Å². The zero-order valence-corrected chi connectivity index (χ0v) is 11.1. The minimum Gasteiger partial charge on any atom is -0.317 e. The molecule has 3 heteroatoms. The molecule has 2 aliphatic heterocycles. The zero-order valence-electron chi connectivity index (χ0n) is 11.1. The van der Waals surface area contributed by atoms with E-state index in [4.69, 9.17) is 0 Å². The minimum absolute atomic E-state index is 0.704. The number of nitrogens with one attached hydrogen (secondary N) is 1. The van der Waals surface area contributed by atoms with Crippen molar-refractivity contribution in [3.05, 3.63) is 0 Å². The second-order valence-corrected chi connectivity index (χ2v) is 5.65. The lowest BCUT2D eigenvalue weighted by molar-refractivity contribution is 0.0381. The molecule has 2 atom stereocenters. The van der Waals surface area contributed by atoms with Crippen molar-refractivity contribution in [3.8, 4) is 0 Å². The molecule has 2 fully saturated rings. The highest BCUT2D eigenvalue weighted by atomic mass is 15.3. The van der Waals surface area contributed by atoms with Gasteiger partial charge in [-0.15, -0.1) is 0 Å². The summed E-state index contributed by atoms with van der Waals surface area (Å²) in [7, 11) is 2.25. The Balaban J connectivity index is 1.84. The highest BCUT2D eigenvalue weighted by Gasteiger charge is 2.29. The van der Waals surface area contributed by atoms with Gasteiger partial charge in [0.1, 0.15) is 0 Å². The van der Waals surface area contributed by atoms with Gasteiger partial charge in [0, 0.05) is 31.7 Å². The summed E-state index contributed by atoms with van der Waals surface area (Å²) in [6.07, 6.45) is 2.74. The Kier molecular flexibility index (Phi) is 4.22. The molecule has 0 radical (unpaired) electrons. The standard InChI is InChI=1S/C13H27N3/c1-11-12(2)16(9-8-15(11)3)10-13-4-6-14-7-5-13/h11-14H,4-10H2,1-3H3. The third-order valence-corrected chi connectivity index (χ3v) is 4.66. The maximum atomic E-state index is 3.45. The number of piperidine rings is 1. The Hall–Kier alpha value is -0.120. The van der Waals surface area contributed by atoms with Gasteiger partial charge in [-0.1, -0.05) is 0 Å². The molecule has 16 heavy (non-hydrogen) atoms. The molecule has 0 aliphatic carbocycles. The molecule has 0 amide bonds. The summed E-state index contributed by atoms with van der Waals surface area (Å²) in [6.45, 7) is 11.0. The second kappa shape index (κ2) is 5.48. The topological polar surface area (TPSA) is 18.5 Å². The number of rotatable bonds is 2. The molecule has 0 aromatic carbocycles. The Labute approximate surface area is 100 Å². The first kappa shape index (κ1) is 12.3. The summed E-state index contributed by atoms with van der Waals surface area (Å²) in [6, 6.07) is 1.42. The van der Waals surface area contributed by atoms with E-state index < -0.39 is 0 Å². The van der Waals surface area contributed by atoms with E-state index >= 15 is 0 Å². The SMILES string of the molecule is CC1C(C)N(CC2CCNCC2)CCN1C. The molecule has 0 saturated carbocycles. The summed E-state index contributed by atoms with van der Waals surface area (Å²) < 4.78 is 0. The molecule has 1 N–H and O–H groups in total. The van der Waals surface area contributed by atoms with Crippen molar-refractivity contribution in [3.63, 3.8) is 0 Å². The normalized spacial score (nSPS) is 35.4. The fourth-order valence-electron chi connectivity index (χ4n) is 3.02. The van der Waals surface area contributed by atoms with Crippen molar-refractivity contribution >= 4 is 0 Å². The van der Waals surface area contributed by atoms with Gasteiger partial charge >= 0.3 is 0 Å². The van der Waals surface area contributed by atoms with Crippen molar-refractivity contribution < 1.29 is 0 Å². The van der Waals surface area contributed by atoms with E-state index in [1.54, 1.807) is 0 Å². The van der Waals surface area contributed by atoms with Gasteiger partial charge in [0.2, 0.25) is 0 Å². The van der Waals surface area contributed by atoms with E-state index in [2.05, 4.69) is 36.0 Å². The average molecular weight is 225 g/mol. The van der Waals surface area contributed by atoms with Crippen molar-refractivity contribution in [2.24, 2.45) is 5.92 Å². The Morgan fingerprint density at radius 1 is 1.06 bits per heavy atom. The maximum absolute atomic E-state index is 3.45. The van der Waals surface area contributed by atoms with Gasteiger partial charge in [-0.2, -0.15) is 0 Å². The van der Waals surface area contributed by atoms with Gasteiger partial charge in [0.15, 0.2) is 0 Å². The summed E-state index contributed by atoms with van der Waals surface area (Å²) >= 11 is 0. The quantitative estimate of drug-likeness (QED) is 0.757. The van der Waals surface area contributed by atoms with Crippen LogP contribution >= 0.6 is 0 Å². The molecule has 2 rings (SSSR count). The lowest BCUT2D eigenvalue weighted by Crippen LogP contribution is -2.57. The molecular weight excluding hydrogens is 198 g/mol. The molecule has 3 nitrogen and oxygen atoms in total. The molecule has 0 aromatic rings. The van der Waals surface area contributed by atoms with Gasteiger partial charge in [0.25, 0.3) is 0 Å². The Bertz CT molecular complexity index is 213. The lowest BCUT2D eigenvalue weighted by Gasteiger charge is -2.45. The molecule has 0 aromatic heterocycles. The first-order valence-electron chi connectivity index (χ1n) is 6.83. The van der Waals surface area contributed by atoms with Crippen LogP contribution in [0, 0.1) is 5.92 Å². The summed E-state index contributed by atoms with van der Waals surface area (Å²) in [5, 5.41) is 3.45. The van der Waals surface area contributed by atoms with Crippen LogP contribution in [0.2, 0.25) is 0 Å². The Morgan fingerprint density at radius 2 is 1.75 bits per heavy atom. The average Bonchev–Trinajstić information content (AvgIpc) is 2.31. The third-order valence-electron chi connectivity index (χ3n) is 4.66. The van der Waals surface area contributed by atoms with Crippen LogP contribution in [0.4, 0.5) is 0 Å². The predicted molar refractivity (Wildman–Crippen MR) is 68.7 cm³/mol.